The molecule has 2 N–H and O–H groups in total. The number of allylic oxidation sites excluding steroid dienone is 2. The van der Waals surface area contributed by atoms with Crippen molar-refractivity contribution < 1.29 is 9.47 Å². The molecule has 122 valence electrons. The Labute approximate surface area is 132 Å². The number of ether oxygens (including phenoxy) is 2. The van der Waals surface area contributed by atoms with Gasteiger partial charge in [-0.05, 0) is 51.0 Å². The second kappa shape index (κ2) is 8.82. The van der Waals surface area contributed by atoms with Gasteiger partial charge in [-0.25, -0.2) is 4.99 Å². The van der Waals surface area contributed by atoms with Crippen molar-refractivity contribution in [3.63, 3.8) is 0 Å². The predicted octanol–water partition coefficient (Wildman–Crippen LogP) is 1.20. The van der Waals surface area contributed by atoms with Gasteiger partial charge in [-0.15, -0.1) is 0 Å². The minimum absolute atomic E-state index is 0.380. The molecular formula is C16H26N4O2. The highest BCUT2D eigenvalue weighted by molar-refractivity contribution is 6.27. The molecule has 0 radical (unpaired) electrons. The lowest BCUT2D eigenvalue weighted by molar-refractivity contribution is 0.0413. The largest absolute Gasteiger partial charge is 0.480 e. The first-order chi connectivity index (χ1) is 10.7. The van der Waals surface area contributed by atoms with E-state index in [0.29, 0.717) is 18.4 Å². The molecule has 2 rings (SSSR count). The molecular weight excluding hydrogens is 280 g/mol. The molecule has 0 aliphatic carbocycles. The molecule has 0 spiro atoms. The highest BCUT2D eigenvalue weighted by Gasteiger charge is 2.17. The summed E-state index contributed by atoms with van der Waals surface area (Å²) in [4.78, 5) is 10.8. The number of hydrogen-bond donors (Lipinski definition) is 1. The zero-order valence-electron chi connectivity index (χ0n) is 13.4. The van der Waals surface area contributed by atoms with Gasteiger partial charge >= 0.3 is 0 Å². The Morgan fingerprint density at radius 2 is 2.23 bits per heavy atom. The van der Waals surface area contributed by atoms with Crippen LogP contribution in [-0.4, -0.2) is 63.6 Å². The van der Waals surface area contributed by atoms with Crippen LogP contribution in [0, 0.1) is 5.92 Å². The van der Waals surface area contributed by atoms with Gasteiger partial charge in [0, 0.05) is 0 Å². The molecule has 0 amide bonds. The SMILES string of the molecule is COC1=N/C(=C/C=C\C(N)OCC2CCN(C)CC2)CN=C1. The van der Waals surface area contributed by atoms with Gasteiger partial charge in [0.15, 0.2) is 0 Å². The summed E-state index contributed by atoms with van der Waals surface area (Å²) in [7, 11) is 3.74. The van der Waals surface area contributed by atoms with E-state index in [0.717, 1.165) is 25.4 Å². The average Bonchev–Trinajstić information content (AvgIpc) is 2.54. The maximum Gasteiger partial charge on any atom is 0.231 e. The molecule has 2 heterocycles. The monoisotopic (exact) mass is 306 g/mol. The molecule has 1 unspecified atom stereocenters. The van der Waals surface area contributed by atoms with Crippen molar-refractivity contribution in [1.82, 2.24) is 4.90 Å². The van der Waals surface area contributed by atoms with Crippen LogP contribution in [0.5, 0.6) is 0 Å². The van der Waals surface area contributed by atoms with E-state index in [4.69, 9.17) is 15.2 Å². The Bertz CT molecular complexity index is 463. The van der Waals surface area contributed by atoms with Crippen molar-refractivity contribution in [3.8, 4) is 0 Å². The Morgan fingerprint density at radius 1 is 1.45 bits per heavy atom. The van der Waals surface area contributed by atoms with E-state index in [9.17, 15) is 0 Å². The van der Waals surface area contributed by atoms with Gasteiger partial charge in [-0.2, -0.15) is 0 Å². The Morgan fingerprint density at radius 3 is 2.95 bits per heavy atom. The van der Waals surface area contributed by atoms with Crippen molar-refractivity contribution in [2.75, 3.05) is 40.4 Å². The van der Waals surface area contributed by atoms with Crippen LogP contribution in [-0.2, 0) is 9.47 Å². The van der Waals surface area contributed by atoms with Crippen LogP contribution in [0.2, 0.25) is 0 Å². The van der Waals surface area contributed by atoms with E-state index < -0.39 is 0 Å². The van der Waals surface area contributed by atoms with Gasteiger partial charge in [0.25, 0.3) is 0 Å². The molecule has 22 heavy (non-hydrogen) atoms. The zero-order valence-corrected chi connectivity index (χ0v) is 13.4. The van der Waals surface area contributed by atoms with Crippen LogP contribution >= 0.6 is 0 Å². The molecule has 6 nitrogen and oxygen atoms in total. The highest BCUT2D eigenvalue weighted by atomic mass is 16.5. The predicted molar refractivity (Wildman–Crippen MR) is 89.2 cm³/mol. The summed E-state index contributed by atoms with van der Waals surface area (Å²) in [5.74, 6) is 1.14. The number of rotatable bonds is 5. The third-order valence-corrected chi connectivity index (χ3v) is 3.87. The number of nitrogens with zero attached hydrogens (tertiary/aromatic N) is 3. The summed E-state index contributed by atoms with van der Waals surface area (Å²) >= 11 is 0. The van der Waals surface area contributed by atoms with Crippen LogP contribution in [0.1, 0.15) is 12.8 Å². The van der Waals surface area contributed by atoms with Crippen molar-refractivity contribution >= 4 is 12.1 Å². The molecule has 6 heteroatoms. The number of nitrogens with two attached hydrogens (primary N) is 1. The fraction of sp³-hybridized carbons (Fsp3) is 0.625. The average molecular weight is 306 g/mol. The summed E-state index contributed by atoms with van der Waals surface area (Å²) in [5, 5.41) is 0. The summed E-state index contributed by atoms with van der Waals surface area (Å²) in [5.41, 5.74) is 6.79. The fourth-order valence-electron chi connectivity index (χ4n) is 2.42. The second-order valence-electron chi connectivity index (χ2n) is 5.71. The minimum atomic E-state index is -0.380. The number of methoxy groups -OCH3 is 1. The molecule has 0 saturated carbocycles. The summed E-state index contributed by atoms with van der Waals surface area (Å²) in [6.45, 7) is 3.58. The van der Waals surface area contributed by atoms with Crippen LogP contribution in [0.25, 0.3) is 0 Å². The molecule has 2 aliphatic heterocycles. The molecule has 2 aliphatic rings. The van der Waals surface area contributed by atoms with E-state index in [-0.39, 0.29) is 6.23 Å². The number of piperidine rings is 1. The summed E-state index contributed by atoms with van der Waals surface area (Å²) in [6.07, 6.45) is 9.20. The molecule has 1 atom stereocenters. The van der Waals surface area contributed by atoms with Gasteiger partial charge in [0.05, 0.1) is 32.2 Å². The minimum Gasteiger partial charge on any atom is -0.480 e. The first kappa shape index (κ1) is 16.9. The van der Waals surface area contributed by atoms with E-state index in [1.807, 2.05) is 18.2 Å². The fourth-order valence-corrected chi connectivity index (χ4v) is 2.42. The third kappa shape index (κ3) is 5.71. The smallest absolute Gasteiger partial charge is 0.231 e. The zero-order chi connectivity index (χ0) is 15.8. The van der Waals surface area contributed by atoms with Gasteiger partial charge < -0.3 is 20.1 Å². The molecule has 0 aromatic heterocycles. The number of aliphatic imine (C=N–C) groups is 2. The lowest BCUT2D eigenvalue weighted by Crippen LogP contribution is -2.33. The number of likely N-dealkylation sites (tertiary alicyclic amines) is 1. The van der Waals surface area contributed by atoms with Gasteiger partial charge in [0.2, 0.25) is 5.90 Å². The molecule has 0 aromatic rings. The van der Waals surface area contributed by atoms with Crippen molar-refractivity contribution in [3.05, 3.63) is 23.9 Å². The Hall–Kier alpha value is -1.50. The second-order valence-corrected chi connectivity index (χ2v) is 5.71. The van der Waals surface area contributed by atoms with Gasteiger partial charge in [-0.3, -0.25) is 4.99 Å². The van der Waals surface area contributed by atoms with E-state index in [2.05, 4.69) is 21.9 Å². The van der Waals surface area contributed by atoms with E-state index in [1.54, 1.807) is 13.3 Å². The standard InChI is InChI=1S/C16H26N4O2/c1-20-8-6-13(7-9-20)12-22-15(17)5-3-4-14-10-18-11-16(19-14)21-2/h3-5,11,13,15H,6-10,12,17H2,1-2H3/b5-3-,14-4+. The Balaban J connectivity index is 1.71. The quantitative estimate of drug-likeness (QED) is 0.775. The van der Waals surface area contributed by atoms with E-state index >= 15 is 0 Å². The first-order valence-electron chi connectivity index (χ1n) is 7.73. The van der Waals surface area contributed by atoms with Crippen molar-refractivity contribution in [2.24, 2.45) is 21.6 Å². The van der Waals surface area contributed by atoms with Gasteiger partial charge in [0.1, 0.15) is 6.23 Å². The third-order valence-electron chi connectivity index (χ3n) is 3.87. The van der Waals surface area contributed by atoms with Gasteiger partial charge in [-0.1, -0.05) is 6.08 Å². The first-order valence-corrected chi connectivity index (χ1v) is 7.73. The maximum atomic E-state index is 5.95. The van der Waals surface area contributed by atoms with E-state index in [1.165, 1.54) is 12.8 Å². The van der Waals surface area contributed by atoms with Crippen LogP contribution < -0.4 is 5.73 Å². The molecule has 1 saturated heterocycles. The lowest BCUT2D eigenvalue weighted by Gasteiger charge is -2.29. The summed E-state index contributed by atoms with van der Waals surface area (Å²) < 4.78 is 10.7. The topological polar surface area (TPSA) is 72.4 Å². The van der Waals surface area contributed by atoms with Crippen LogP contribution in [0.3, 0.4) is 0 Å². The van der Waals surface area contributed by atoms with Crippen LogP contribution in [0.4, 0.5) is 0 Å². The summed E-state index contributed by atoms with van der Waals surface area (Å²) in [6, 6.07) is 0. The van der Waals surface area contributed by atoms with Crippen LogP contribution in [0.15, 0.2) is 33.9 Å². The highest BCUT2D eigenvalue weighted by Crippen LogP contribution is 2.16. The lowest BCUT2D eigenvalue weighted by atomic mass is 9.98. The normalized spacial score (nSPS) is 24.0. The maximum absolute atomic E-state index is 5.95. The molecule has 0 aromatic carbocycles. The molecule has 0 bridgehead atoms. The molecule has 1 fully saturated rings. The van der Waals surface area contributed by atoms with Crippen molar-refractivity contribution in [2.45, 2.75) is 19.1 Å². The Kier molecular flexibility index (Phi) is 6.76. The van der Waals surface area contributed by atoms with Crippen molar-refractivity contribution in [1.29, 1.82) is 0 Å². The number of hydrogen-bond acceptors (Lipinski definition) is 6.